The second-order valence-electron chi connectivity index (χ2n) is 7.93. The van der Waals surface area contributed by atoms with E-state index in [2.05, 4.69) is 5.10 Å². The predicted octanol–water partition coefficient (Wildman–Crippen LogP) is 3.26. The van der Waals surface area contributed by atoms with E-state index >= 15 is 0 Å². The Hall–Kier alpha value is -2.63. The van der Waals surface area contributed by atoms with Crippen molar-refractivity contribution in [3.05, 3.63) is 47.8 Å². The molecule has 2 aromatic rings. The van der Waals surface area contributed by atoms with Crippen LogP contribution in [0.3, 0.4) is 0 Å². The van der Waals surface area contributed by atoms with E-state index in [4.69, 9.17) is 0 Å². The molecule has 6 heteroatoms. The van der Waals surface area contributed by atoms with E-state index in [1.54, 1.807) is 6.20 Å². The van der Waals surface area contributed by atoms with Gasteiger partial charge in [-0.2, -0.15) is 5.10 Å². The largest absolute Gasteiger partial charge is 0.338 e. The fourth-order valence-electron chi connectivity index (χ4n) is 4.67. The summed E-state index contributed by atoms with van der Waals surface area (Å²) in [5.74, 6) is 0.266. The van der Waals surface area contributed by atoms with E-state index in [-0.39, 0.29) is 17.2 Å². The first-order valence-corrected chi connectivity index (χ1v) is 10.2. The number of carbonyl (C=O) groups excluding carboxylic acids is 2. The number of benzene rings is 1. The number of nitrogens with zero attached hydrogens (tertiary/aromatic N) is 4. The third kappa shape index (κ3) is 3.11. The van der Waals surface area contributed by atoms with Gasteiger partial charge in [-0.25, -0.2) is 0 Å². The van der Waals surface area contributed by atoms with Crippen LogP contribution >= 0.6 is 0 Å². The number of aromatic nitrogens is 2. The number of piperidine rings is 2. The maximum Gasteiger partial charge on any atom is 0.257 e. The van der Waals surface area contributed by atoms with Gasteiger partial charge in [-0.1, -0.05) is 18.2 Å². The molecule has 0 N–H and O–H groups in total. The SMILES string of the molecule is CCn1ncc(C(=O)N2CCC3(CCCN(c4ccccc4)C3=O)CC2)c1C. The third-order valence-electron chi connectivity index (χ3n) is 6.44. The Morgan fingerprint density at radius 3 is 2.46 bits per heavy atom. The first-order valence-electron chi connectivity index (χ1n) is 10.2. The van der Waals surface area contributed by atoms with E-state index in [0.29, 0.717) is 18.7 Å². The van der Waals surface area contributed by atoms with Crippen molar-refractivity contribution in [2.45, 2.75) is 46.1 Å². The fourth-order valence-corrected chi connectivity index (χ4v) is 4.67. The number of para-hydroxylation sites is 1. The summed E-state index contributed by atoms with van der Waals surface area (Å²) in [5, 5.41) is 4.30. The van der Waals surface area contributed by atoms with Crippen LogP contribution in [0, 0.1) is 12.3 Å². The number of aryl methyl sites for hydroxylation is 1. The molecule has 0 bridgehead atoms. The first kappa shape index (κ1) is 18.7. The standard InChI is InChI=1S/C22H28N4O2/c1-3-26-17(2)19(16-23-26)20(27)24-14-11-22(12-15-24)10-7-13-25(21(22)28)18-8-5-4-6-9-18/h4-6,8-9,16H,3,7,10-15H2,1-2H3. The average Bonchev–Trinajstić information content (AvgIpc) is 3.11. The number of anilines is 1. The Morgan fingerprint density at radius 2 is 1.82 bits per heavy atom. The quantitative estimate of drug-likeness (QED) is 0.821. The Kier molecular flexibility index (Phi) is 4.96. The van der Waals surface area contributed by atoms with Gasteiger partial charge in [0.2, 0.25) is 5.91 Å². The second-order valence-corrected chi connectivity index (χ2v) is 7.93. The molecule has 1 aromatic carbocycles. The normalized spacial score (nSPS) is 19.3. The molecule has 2 amide bonds. The fraction of sp³-hybridized carbons (Fsp3) is 0.500. The van der Waals surface area contributed by atoms with Crippen molar-refractivity contribution in [1.29, 1.82) is 0 Å². The summed E-state index contributed by atoms with van der Waals surface area (Å²) in [6.45, 7) is 6.76. The summed E-state index contributed by atoms with van der Waals surface area (Å²) in [4.78, 5) is 30.2. The highest BCUT2D eigenvalue weighted by atomic mass is 16.2. The van der Waals surface area contributed by atoms with Gasteiger partial charge in [-0.05, 0) is 51.7 Å². The van der Waals surface area contributed by atoms with E-state index in [9.17, 15) is 9.59 Å². The van der Waals surface area contributed by atoms with Crippen molar-refractivity contribution in [2.24, 2.45) is 5.41 Å². The van der Waals surface area contributed by atoms with Crippen molar-refractivity contribution in [1.82, 2.24) is 14.7 Å². The molecule has 1 aromatic heterocycles. The minimum absolute atomic E-state index is 0.0372. The topological polar surface area (TPSA) is 58.4 Å². The van der Waals surface area contributed by atoms with Gasteiger partial charge in [0.05, 0.1) is 17.2 Å². The van der Waals surface area contributed by atoms with Gasteiger partial charge in [0.15, 0.2) is 0 Å². The Balaban J connectivity index is 1.47. The molecule has 0 aliphatic carbocycles. The number of rotatable bonds is 3. The molecule has 28 heavy (non-hydrogen) atoms. The molecule has 148 valence electrons. The second kappa shape index (κ2) is 7.41. The van der Waals surface area contributed by atoms with Gasteiger partial charge in [0.25, 0.3) is 5.91 Å². The molecule has 0 atom stereocenters. The summed E-state index contributed by atoms with van der Waals surface area (Å²) in [7, 11) is 0. The van der Waals surface area contributed by atoms with E-state index in [1.807, 2.05) is 58.7 Å². The van der Waals surface area contributed by atoms with Crippen LogP contribution in [-0.4, -0.2) is 46.1 Å². The molecular formula is C22H28N4O2. The lowest BCUT2D eigenvalue weighted by Crippen LogP contribution is -2.54. The van der Waals surface area contributed by atoms with Crippen molar-refractivity contribution in [2.75, 3.05) is 24.5 Å². The zero-order chi connectivity index (χ0) is 19.7. The van der Waals surface area contributed by atoms with Crippen LogP contribution in [0.1, 0.15) is 48.7 Å². The van der Waals surface area contributed by atoms with Gasteiger partial charge in [-0.15, -0.1) is 0 Å². The zero-order valence-corrected chi connectivity index (χ0v) is 16.7. The molecule has 0 saturated carbocycles. The van der Waals surface area contributed by atoms with Crippen LogP contribution in [-0.2, 0) is 11.3 Å². The molecule has 6 nitrogen and oxygen atoms in total. The summed E-state index contributed by atoms with van der Waals surface area (Å²) in [6, 6.07) is 9.93. The highest BCUT2D eigenvalue weighted by Crippen LogP contribution is 2.42. The van der Waals surface area contributed by atoms with E-state index in [0.717, 1.165) is 50.2 Å². The molecule has 1 spiro atoms. The molecule has 2 aliphatic rings. The van der Waals surface area contributed by atoms with Gasteiger partial charge in [-0.3, -0.25) is 14.3 Å². The number of amides is 2. The maximum atomic E-state index is 13.4. The molecular weight excluding hydrogens is 352 g/mol. The van der Waals surface area contributed by atoms with Gasteiger partial charge in [0, 0.05) is 37.6 Å². The lowest BCUT2D eigenvalue weighted by Gasteiger charge is -2.46. The Bertz CT molecular complexity index is 866. The average molecular weight is 380 g/mol. The molecule has 0 unspecified atom stereocenters. The number of carbonyl (C=O) groups is 2. The van der Waals surface area contributed by atoms with Gasteiger partial charge >= 0.3 is 0 Å². The van der Waals surface area contributed by atoms with Crippen molar-refractivity contribution in [3.63, 3.8) is 0 Å². The van der Waals surface area contributed by atoms with Crippen LogP contribution in [0.5, 0.6) is 0 Å². The minimum atomic E-state index is -0.326. The monoisotopic (exact) mass is 380 g/mol. The molecule has 0 radical (unpaired) electrons. The number of hydrogen-bond donors (Lipinski definition) is 0. The van der Waals surface area contributed by atoms with Crippen LogP contribution < -0.4 is 4.90 Å². The highest BCUT2D eigenvalue weighted by molar-refractivity contribution is 5.99. The molecule has 2 fully saturated rings. The molecule has 4 rings (SSSR count). The van der Waals surface area contributed by atoms with Gasteiger partial charge in [0.1, 0.15) is 0 Å². The van der Waals surface area contributed by atoms with Crippen LogP contribution in [0.25, 0.3) is 0 Å². The molecule has 3 heterocycles. The minimum Gasteiger partial charge on any atom is -0.338 e. The van der Waals surface area contributed by atoms with Crippen LogP contribution in [0.15, 0.2) is 36.5 Å². The highest BCUT2D eigenvalue weighted by Gasteiger charge is 2.46. The van der Waals surface area contributed by atoms with Crippen LogP contribution in [0.4, 0.5) is 5.69 Å². The lowest BCUT2D eigenvalue weighted by atomic mass is 9.71. The number of hydrogen-bond acceptors (Lipinski definition) is 3. The summed E-state index contributed by atoms with van der Waals surface area (Å²) in [5.41, 5.74) is 2.25. The third-order valence-corrected chi connectivity index (χ3v) is 6.44. The summed E-state index contributed by atoms with van der Waals surface area (Å²) in [6.07, 6.45) is 5.08. The predicted molar refractivity (Wildman–Crippen MR) is 108 cm³/mol. The van der Waals surface area contributed by atoms with Crippen molar-refractivity contribution < 1.29 is 9.59 Å². The van der Waals surface area contributed by atoms with Gasteiger partial charge < -0.3 is 9.80 Å². The smallest absolute Gasteiger partial charge is 0.257 e. The maximum absolute atomic E-state index is 13.4. The molecule has 2 aliphatic heterocycles. The zero-order valence-electron chi connectivity index (χ0n) is 16.7. The Morgan fingerprint density at radius 1 is 1.11 bits per heavy atom. The van der Waals surface area contributed by atoms with E-state index in [1.165, 1.54) is 0 Å². The Labute approximate surface area is 166 Å². The van der Waals surface area contributed by atoms with E-state index < -0.39 is 0 Å². The van der Waals surface area contributed by atoms with Crippen molar-refractivity contribution in [3.8, 4) is 0 Å². The van der Waals surface area contributed by atoms with Crippen LogP contribution in [0.2, 0.25) is 0 Å². The summed E-state index contributed by atoms with van der Waals surface area (Å²) >= 11 is 0. The first-order chi connectivity index (χ1) is 13.6. The summed E-state index contributed by atoms with van der Waals surface area (Å²) < 4.78 is 1.85. The molecule has 2 saturated heterocycles. The lowest BCUT2D eigenvalue weighted by molar-refractivity contribution is -0.133. The number of likely N-dealkylation sites (tertiary alicyclic amines) is 1. The van der Waals surface area contributed by atoms with Crippen molar-refractivity contribution >= 4 is 17.5 Å².